The van der Waals surface area contributed by atoms with Gasteiger partial charge in [0.05, 0.1) is 5.56 Å². The average molecular weight is 219 g/mol. The highest BCUT2D eigenvalue weighted by molar-refractivity contribution is 6.31. The van der Waals surface area contributed by atoms with Crippen LogP contribution in [0.2, 0.25) is 5.02 Å². The van der Waals surface area contributed by atoms with Gasteiger partial charge in [-0.1, -0.05) is 11.6 Å². The molecule has 1 heterocycles. The van der Waals surface area contributed by atoms with Gasteiger partial charge in [-0.3, -0.25) is 5.41 Å². The van der Waals surface area contributed by atoms with E-state index < -0.39 is 0 Å². The molecule has 0 unspecified atom stereocenters. The third kappa shape index (κ3) is 1.43. The number of pyridine rings is 1. The van der Waals surface area contributed by atoms with Crippen molar-refractivity contribution in [2.24, 2.45) is 0 Å². The smallest absolute Gasteiger partial charge is 0.138 e. The molecule has 2 aromatic rings. The normalized spacial score (nSPS) is 10.1. The van der Waals surface area contributed by atoms with Crippen LogP contribution >= 0.6 is 11.6 Å². The number of halogens is 1. The first-order chi connectivity index (χ1) is 7.13. The zero-order valence-electron chi connectivity index (χ0n) is 7.49. The van der Waals surface area contributed by atoms with Crippen molar-refractivity contribution in [2.75, 3.05) is 0 Å². The van der Waals surface area contributed by atoms with Crippen LogP contribution in [0.3, 0.4) is 0 Å². The highest BCUT2D eigenvalue weighted by Gasteiger charge is 2.01. The average Bonchev–Trinajstić information content (AvgIpc) is 2.23. The van der Waals surface area contributed by atoms with Gasteiger partial charge < -0.3 is 9.94 Å². The number of hydrogen-bond donors (Lipinski definition) is 1. The van der Waals surface area contributed by atoms with Crippen LogP contribution in [-0.2, 0) is 0 Å². The van der Waals surface area contributed by atoms with E-state index in [1.54, 1.807) is 18.2 Å². The summed E-state index contributed by atoms with van der Waals surface area (Å²) >= 11 is 5.77. The topological polar surface area (TPSA) is 75.6 Å². The maximum atomic E-state index is 11.6. The molecule has 4 nitrogen and oxygen atoms in total. The van der Waals surface area contributed by atoms with Crippen molar-refractivity contribution >= 4 is 22.5 Å². The molecular weight excluding hydrogens is 214 g/mol. The molecule has 0 radical (unpaired) electrons. The molecule has 15 heavy (non-hydrogen) atoms. The Balaban J connectivity index is 2.99. The molecule has 74 valence electrons. The molecule has 5 heteroatoms. The highest BCUT2D eigenvalue weighted by atomic mass is 35.5. The lowest BCUT2D eigenvalue weighted by Gasteiger charge is -2.15. The Kier molecular flexibility index (Phi) is 2.10. The van der Waals surface area contributed by atoms with Gasteiger partial charge in [-0.15, -0.1) is 0 Å². The molecule has 0 fully saturated rings. The summed E-state index contributed by atoms with van der Waals surface area (Å²) in [5, 5.41) is 28.7. The third-order valence-electron chi connectivity index (χ3n) is 2.09. The molecule has 0 atom stereocenters. The van der Waals surface area contributed by atoms with Gasteiger partial charge in [0.2, 0.25) is 0 Å². The molecule has 0 aliphatic carbocycles. The van der Waals surface area contributed by atoms with Crippen LogP contribution in [0.15, 0.2) is 24.3 Å². The fourth-order valence-corrected chi connectivity index (χ4v) is 1.55. The SMILES string of the molecule is N#Cc1cc2cc(Cl)ccc2n([O-])c1=N. The van der Waals surface area contributed by atoms with Gasteiger partial charge in [-0.2, -0.15) is 5.26 Å². The van der Waals surface area contributed by atoms with Crippen LogP contribution in [0.25, 0.3) is 10.9 Å². The van der Waals surface area contributed by atoms with Crippen LogP contribution in [0.1, 0.15) is 5.56 Å². The Morgan fingerprint density at radius 1 is 1.40 bits per heavy atom. The van der Waals surface area contributed by atoms with Gasteiger partial charge in [0.15, 0.2) is 0 Å². The van der Waals surface area contributed by atoms with E-state index in [0.717, 1.165) is 0 Å². The van der Waals surface area contributed by atoms with Crippen LogP contribution in [0.4, 0.5) is 0 Å². The highest BCUT2D eigenvalue weighted by Crippen LogP contribution is 2.18. The van der Waals surface area contributed by atoms with Crippen molar-refractivity contribution in [3.8, 4) is 6.07 Å². The Morgan fingerprint density at radius 3 is 2.80 bits per heavy atom. The Labute approximate surface area is 90.0 Å². The van der Waals surface area contributed by atoms with Crippen molar-refractivity contribution in [3.63, 3.8) is 0 Å². The molecular formula is C10H5ClN3O-. The molecule has 1 aromatic carbocycles. The van der Waals surface area contributed by atoms with Gasteiger partial charge in [0.1, 0.15) is 11.6 Å². The molecule has 0 bridgehead atoms. The largest absolute Gasteiger partial charge is 0.804 e. The van der Waals surface area contributed by atoms with Crippen molar-refractivity contribution in [1.82, 2.24) is 4.73 Å². The van der Waals surface area contributed by atoms with Crippen LogP contribution < -0.4 is 5.49 Å². The zero-order valence-corrected chi connectivity index (χ0v) is 8.25. The minimum absolute atomic E-state index is 0.0415. The summed E-state index contributed by atoms with van der Waals surface area (Å²) in [5.74, 6) is 0. The number of hydrogen-bond acceptors (Lipinski definition) is 3. The van der Waals surface area contributed by atoms with E-state index in [1.165, 1.54) is 12.1 Å². The summed E-state index contributed by atoms with van der Waals surface area (Å²) in [6, 6.07) is 7.97. The molecule has 0 aliphatic heterocycles. The molecule has 0 aliphatic rings. The second-order valence-corrected chi connectivity index (χ2v) is 3.45. The minimum Gasteiger partial charge on any atom is -0.804 e. The fraction of sp³-hybridized carbons (Fsp3) is 0. The second-order valence-electron chi connectivity index (χ2n) is 3.02. The predicted octanol–water partition coefficient (Wildman–Crippen LogP) is 1.99. The summed E-state index contributed by atoms with van der Waals surface area (Å²) in [7, 11) is 0. The number of nitrogens with one attached hydrogen (secondary N) is 1. The fourth-order valence-electron chi connectivity index (χ4n) is 1.36. The van der Waals surface area contributed by atoms with Gasteiger partial charge in [-0.25, -0.2) is 0 Å². The number of rotatable bonds is 0. The van der Waals surface area contributed by atoms with E-state index in [2.05, 4.69) is 0 Å². The van der Waals surface area contributed by atoms with E-state index in [0.29, 0.717) is 20.7 Å². The van der Waals surface area contributed by atoms with Crippen molar-refractivity contribution in [1.29, 1.82) is 10.7 Å². The molecule has 0 amide bonds. The van der Waals surface area contributed by atoms with Crippen molar-refractivity contribution in [2.45, 2.75) is 0 Å². The lowest BCUT2D eigenvalue weighted by molar-refractivity contribution is 0.966. The molecule has 0 saturated carbocycles. The summed E-state index contributed by atoms with van der Waals surface area (Å²) < 4.78 is 0.421. The number of nitriles is 1. The second kappa shape index (κ2) is 3.30. The van der Waals surface area contributed by atoms with Gasteiger partial charge >= 0.3 is 0 Å². The molecule has 0 spiro atoms. The monoisotopic (exact) mass is 218 g/mol. The summed E-state index contributed by atoms with van der Waals surface area (Å²) in [6.07, 6.45) is 0. The van der Waals surface area contributed by atoms with Crippen molar-refractivity contribution < 1.29 is 0 Å². The lowest BCUT2D eigenvalue weighted by atomic mass is 10.1. The minimum atomic E-state index is -0.340. The standard InChI is InChI=1S/C10H5ClN3O/c11-8-1-2-9-6(4-8)3-7(5-12)10(13)14(9)15/h1-4,13H/q-1. The van der Waals surface area contributed by atoms with E-state index in [-0.39, 0.29) is 11.1 Å². The van der Waals surface area contributed by atoms with Crippen molar-refractivity contribution in [3.05, 3.63) is 45.5 Å². The molecule has 1 N–H and O–H groups in total. The first kappa shape index (κ1) is 9.56. The Hall–Kier alpha value is -1.99. The summed E-state index contributed by atoms with van der Waals surface area (Å²) in [6.45, 7) is 0. The van der Waals surface area contributed by atoms with Crippen LogP contribution in [0, 0.1) is 21.9 Å². The molecule has 0 saturated heterocycles. The van der Waals surface area contributed by atoms with E-state index in [1.807, 2.05) is 0 Å². The lowest BCUT2D eigenvalue weighted by Crippen LogP contribution is -2.18. The van der Waals surface area contributed by atoms with Crippen LogP contribution in [-0.4, -0.2) is 4.73 Å². The van der Waals surface area contributed by atoms with Gasteiger partial charge in [0.25, 0.3) is 0 Å². The number of nitrogens with zero attached hydrogens (tertiary/aromatic N) is 2. The first-order valence-electron chi connectivity index (χ1n) is 4.11. The predicted molar refractivity (Wildman–Crippen MR) is 56.3 cm³/mol. The van der Waals surface area contributed by atoms with Gasteiger partial charge in [-0.05, 0) is 24.3 Å². The van der Waals surface area contributed by atoms with Crippen LogP contribution in [0.5, 0.6) is 0 Å². The Bertz CT molecular complexity index is 639. The third-order valence-corrected chi connectivity index (χ3v) is 2.32. The van der Waals surface area contributed by atoms with Gasteiger partial charge in [0, 0.05) is 15.9 Å². The quantitative estimate of drug-likeness (QED) is 0.734. The maximum Gasteiger partial charge on any atom is 0.138 e. The molecule has 2 rings (SSSR count). The van der Waals surface area contributed by atoms with E-state index in [4.69, 9.17) is 22.3 Å². The zero-order chi connectivity index (χ0) is 11.0. The number of fused-ring (bicyclic) bond motifs is 1. The summed E-state index contributed by atoms with van der Waals surface area (Å²) in [4.78, 5) is 0. The number of benzene rings is 1. The Morgan fingerprint density at radius 2 is 2.13 bits per heavy atom. The van der Waals surface area contributed by atoms with E-state index >= 15 is 0 Å². The van der Waals surface area contributed by atoms with E-state index in [9.17, 15) is 5.21 Å². The molecule has 1 aromatic heterocycles. The maximum absolute atomic E-state index is 11.6. The number of aromatic nitrogens is 1. The first-order valence-corrected chi connectivity index (χ1v) is 4.49. The summed E-state index contributed by atoms with van der Waals surface area (Å²) in [5.41, 5.74) is 0.0375.